The van der Waals surface area contributed by atoms with Crippen molar-refractivity contribution in [3.63, 3.8) is 0 Å². The Kier molecular flexibility index (Phi) is 13.5. The van der Waals surface area contributed by atoms with Crippen LogP contribution in [0.4, 0.5) is 0 Å². The molecular formula is C33H53Cl2NO7Si2. The first-order chi connectivity index (χ1) is 20.6. The van der Waals surface area contributed by atoms with Crippen LogP contribution in [0.3, 0.4) is 0 Å². The van der Waals surface area contributed by atoms with Crippen LogP contribution < -0.4 is 14.2 Å². The Labute approximate surface area is 282 Å². The fourth-order valence-corrected chi connectivity index (χ4v) is 12.2. The number of carbonyl (C=O) groups excluding carboxylic acids is 1. The van der Waals surface area contributed by atoms with E-state index in [2.05, 4.69) is 67.7 Å². The van der Waals surface area contributed by atoms with Gasteiger partial charge in [-0.05, 0) is 67.0 Å². The lowest BCUT2D eigenvalue weighted by Gasteiger charge is -2.47. The SMILES string of the molecule is CC(C)(C)[Si](C)(C)O[Si](C)(C)C(C)(C)C.COc1cc(C(=O)N2C[C@@H](CCO)OC2c2ccc(Cl)c(Cl)c2)cc(OC)c1OC. The zero-order valence-corrected chi connectivity index (χ0v) is 32.8. The number of methoxy groups -OCH3 is 3. The minimum Gasteiger partial charge on any atom is -0.493 e. The molecule has 45 heavy (non-hydrogen) atoms. The van der Waals surface area contributed by atoms with Crippen molar-refractivity contribution in [2.75, 3.05) is 34.5 Å². The van der Waals surface area contributed by atoms with Crippen LogP contribution in [0.15, 0.2) is 30.3 Å². The van der Waals surface area contributed by atoms with Crippen LogP contribution in [0.25, 0.3) is 0 Å². The van der Waals surface area contributed by atoms with E-state index in [1.54, 1.807) is 35.2 Å². The van der Waals surface area contributed by atoms with Gasteiger partial charge in [0, 0.05) is 17.7 Å². The summed E-state index contributed by atoms with van der Waals surface area (Å²) in [6, 6.07) is 8.27. The van der Waals surface area contributed by atoms with Gasteiger partial charge in [0.05, 0.1) is 44.0 Å². The predicted octanol–water partition coefficient (Wildman–Crippen LogP) is 8.95. The first kappa shape index (κ1) is 39.4. The first-order valence-corrected chi connectivity index (χ1v) is 21.7. The molecule has 1 fully saturated rings. The van der Waals surface area contributed by atoms with E-state index in [0.717, 1.165) is 0 Å². The standard InChI is InChI=1S/C21H23Cl2NO6.C12H30OSi2/c1-27-17-9-13(10-18(28-2)19(17)29-3)20(26)24-11-14(6-7-25)30-21(24)12-4-5-15(22)16(23)8-12;1-11(2,3)14(7,8)13-15(9,10)12(4,5)6/h4-5,8-10,14,21,25H,6-7,11H2,1-3H3;1-10H3/t14-,21?;/m1./s1. The third-order valence-corrected chi connectivity index (χ3v) is 21.0. The van der Waals surface area contributed by atoms with Crippen molar-refractivity contribution in [3.05, 3.63) is 51.5 Å². The topological polar surface area (TPSA) is 86.7 Å². The molecule has 254 valence electrons. The molecule has 0 spiro atoms. The lowest BCUT2D eigenvalue weighted by molar-refractivity contribution is -0.00472. The normalized spacial score (nSPS) is 17.5. The molecule has 1 aliphatic rings. The number of carbonyl (C=O) groups is 1. The van der Waals surface area contributed by atoms with Gasteiger partial charge >= 0.3 is 0 Å². The molecule has 1 unspecified atom stereocenters. The smallest absolute Gasteiger partial charge is 0.256 e. The first-order valence-electron chi connectivity index (χ1n) is 15.2. The van der Waals surface area contributed by atoms with Gasteiger partial charge in [0.2, 0.25) is 5.75 Å². The van der Waals surface area contributed by atoms with Gasteiger partial charge < -0.3 is 33.1 Å². The summed E-state index contributed by atoms with van der Waals surface area (Å²) in [6.07, 6.45) is -0.597. The summed E-state index contributed by atoms with van der Waals surface area (Å²) in [6.45, 7) is 23.5. The van der Waals surface area contributed by atoms with E-state index in [-0.39, 0.29) is 18.6 Å². The highest BCUT2D eigenvalue weighted by Crippen LogP contribution is 2.45. The Morgan fingerprint density at radius 1 is 0.889 bits per heavy atom. The number of nitrogens with zero attached hydrogens (tertiary/aromatic N) is 1. The zero-order chi connectivity index (χ0) is 34.5. The second kappa shape index (κ2) is 15.4. The van der Waals surface area contributed by atoms with Gasteiger partial charge in [-0.15, -0.1) is 0 Å². The predicted molar refractivity (Wildman–Crippen MR) is 188 cm³/mol. The fraction of sp³-hybridized carbons (Fsp3) is 0.606. The number of rotatable bonds is 9. The largest absolute Gasteiger partial charge is 0.493 e. The molecule has 0 bridgehead atoms. The van der Waals surface area contributed by atoms with E-state index < -0.39 is 22.9 Å². The van der Waals surface area contributed by atoms with Crippen LogP contribution in [-0.4, -0.2) is 73.1 Å². The van der Waals surface area contributed by atoms with Crippen molar-refractivity contribution in [3.8, 4) is 17.2 Å². The van der Waals surface area contributed by atoms with Crippen molar-refractivity contribution in [2.24, 2.45) is 0 Å². The Morgan fingerprint density at radius 2 is 1.40 bits per heavy atom. The Bertz CT molecular complexity index is 1260. The third-order valence-electron chi connectivity index (χ3n) is 8.98. The Morgan fingerprint density at radius 3 is 1.80 bits per heavy atom. The van der Waals surface area contributed by atoms with Gasteiger partial charge in [0.15, 0.2) is 34.4 Å². The number of hydrogen-bond acceptors (Lipinski definition) is 7. The van der Waals surface area contributed by atoms with E-state index in [1.807, 2.05) is 0 Å². The summed E-state index contributed by atoms with van der Waals surface area (Å²) in [5.74, 6) is 0.857. The second-order valence-electron chi connectivity index (χ2n) is 14.3. The van der Waals surface area contributed by atoms with Crippen LogP contribution in [0.1, 0.15) is 70.1 Å². The summed E-state index contributed by atoms with van der Waals surface area (Å²) < 4.78 is 28.7. The molecule has 1 aliphatic heterocycles. The van der Waals surface area contributed by atoms with Crippen molar-refractivity contribution >= 4 is 45.7 Å². The molecule has 2 atom stereocenters. The van der Waals surface area contributed by atoms with Crippen LogP contribution in [0.2, 0.25) is 46.3 Å². The van der Waals surface area contributed by atoms with Gasteiger partial charge in [0.25, 0.3) is 5.91 Å². The lowest BCUT2D eigenvalue weighted by atomic mass is 10.1. The van der Waals surface area contributed by atoms with Gasteiger partial charge in [-0.2, -0.15) is 0 Å². The number of halogens is 2. The number of hydrogen-bond donors (Lipinski definition) is 1. The molecule has 2 aromatic rings. The highest BCUT2D eigenvalue weighted by Gasteiger charge is 2.46. The Hall–Kier alpha value is -1.80. The molecule has 2 aromatic carbocycles. The third kappa shape index (κ3) is 9.62. The van der Waals surface area contributed by atoms with Gasteiger partial charge in [0.1, 0.15) is 0 Å². The average molecular weight is 703 g/mol. The number of aliphatic hydroxyl groups is 1. The average Bonchev–Trinajstić information content (AvgIpc) is 3.35. The number of amides is 1. The molecule has 3 rings (SSSR count). The summed E-state index contributed by atoms with van der Waals surface area (Å²) in [7, 11) is 1.29. The molecule has 0 aliphatic carbocycles. The van der Waals surface area contributed by atoms with Crippen molar-refractivity contribution in [1.82, 2.24) is 4.90 Å². The van der Waals surface area contributed by atoms with Gasteiger partial charge in [-0.3, -0.25) is 4.79 Å². The lowest BCUT2D eigenvalue weighted by Crippen LogP contribution is -2.53. The van der Waals surface area contributed by atoms with Crippen molar-refractivity contribution in [1.29, 1.82) is 0 Å². The van der Waals surface area contributed by atoms with Gasteiger partial charge in [-0.25, -0.2) is 0 Å². The molecule has 1 heterocycles. The summed E-state index contributed by atoms with van der Waals surface area (Å²) in [5, 5.41) is 10.7. The van der Waals surface area contributed by atoms with Crippen LogP contribution in [-0.2, 0) is 8.85 Å². The van der Waals surface area contributed by atoms with Crippen molar-refractivity contribution in [2.45, 2.75) is 96.6 Å². The Balaban J connectivity index is 0.000000399. The summed E-state index contributed by atoms with van der Waals surface area (Å²) in [5.41, 5.74) is 1.04. The van der Waals surface area contributed by atoms with E-state index in [0.29, 0.717) is 61.5 Å². The highest BCUT2D eigenvalue weighted by atomic mass is 35.5. The maximum absolute atomic E-state index is 13.4. The maximum Gasteiger partial charge on any atom is 0.256 e. The molecule has 8 nitrogen and oxygen atoms in total. The highest BCUT2D eigenvalue weighted by molar-refractivity contribution is 6.87. The molecule has 1 amide bonds. The second-order valence-corrected chi connectivity index (χ2v) is 25.0. The molecular weight excluding hydrogens is 649 g/mol. The molecule has 1 saturated heterocycles. The van der Waals surface area contributed by atoms with E-state index >= 15 is 0 Å². The zero-order valence-electron chi connectivity index (χ0n) is 29.3. The molecule has 12 heteroatoms. The molecule has 0 aromatic heterocycles. The number of aliphatic hydroxyl groups excluding tert-OH is 1. The summed E-state index contributed by atoms with van der Waals surface area (Å²) in [4.78, 5) is 15.0. The summed E-state index contributed by atoms with van der Waals surface area (Å²) >= 11 is 12.2. The van der Waals surface area contributed by atoms with Gasteiger partial charge in [-0.1, -0.05) is 70.8 Å². The molecule has 0 saturated carbocycles. The number of benzene rings is 2. The fourth-order valence-electron chi connectivity index (χ4n) is 4.35. The molecule has 0 radical (unpaired) electrons. The maximum atomic E-state index is 13.4. The molecule has 1 N–H and O–H groups in total. The minimum atomic E-state index is -1.59. The minimum absolute atomic E-state index is 0.0506. The van der Waals surface area contributed by atoms with E-state index in [4.69, 9.17) is 46.3 Å². The quantitative estimate of drug-likeness (QED) is 0.261. The van der Waals surface area contributed by atoms with Crippen molar-refractivity contribution < 1.29 is 33.0 Å². The van der Waals surface area contributed by atoms with E-state index in [1.165, 1.54) is 21.3 Å². The van der Waals surface area contributed by atoms with Crippen LogP contribution in [0, 0.1) is 0 Å². The van der Waals surface area contributed by atoms with E-state index in [9.17, 15) is 9.90 Å². The van der Waals surface area contributed by atoms with Crippen LogP contribution in [0.5, 0.6) is 17.2 Å². The monoisotopic (exact) mass is 701 g/mol. The van der Waals surface area contributed by atoms with Crippen LogP contribution >= 0.6 is 23.2 Å². The number of ether oxygens (including phenoxy) is 4.